The van der Waals surface area contributed by atoms with Crippen molar-refractivity contribution in [1.29, 1.82) is 0 Å². The maximum Gasteiger partial charge on any atom is 0.241 e. The van der Waals surface area contributed by atoms with Crippen molar-refractivity contribution in [1.82, 2.24) is 4.90 Å². The van der Waals surface area contributed by atoms with Gasteiger partial charge in [0.05, 0.1) is 6.54 Å². The second-order valence-electron chi connectivity index (χ2n) is 6.85. The molecule has 3 aliphatic rings. The van der Waals surface area contributed by atoms with E-state index in [-0.39, 0.29) is 11.8 Å². The van der Waals surface area contributed by atoms with Crippen molar-refractivity contribution in [3.05, 3.63) is 59.8 Å². The summed E-state index contributed by atoms with van der Waals surface area (Å²) in [6, 6.07) is 10.0. The first kappa shape index (κ1) is 15.4. The molecule has 3 heteroatoms. The van der Waals surface area contributed by atoms with Gasteiger partial charge < -0.3 is 4.90 Å². The van der Waals surface area contributed by atoms with Gasteiger partial charge in [-0.05, 0) is 34.8 Å². The normalized spacial score (nSPS) is 26.6. The summed E-state index contributed by atoms with van der Waals surface area (Å²) < 4.78 is 0. The molecule has 0 spiro atoms. The molecule has 0 radical (unpaired) electrons. The molecular formula is C19H22ClNO. The standard InChI is InChI=1S/C19H22ClNO/c1-19(2)16-9-8-15(17(19)10-16)13-21(18(22)11-20)12-14-6-4-3-5-7-14/h3-9,13,16-17H,10-12H2,1-2H3/b15-13-/t16-,17-/m0/s1. The predicted molar refractivity (Wildman–Crippen MR) is 90.3 cm³/mol. The van der Waals surface area contributed by atoms with Gasteiger partial charge in [-0.15, -0.1) is 11.6 Å². The molecule has 1 aromatic rings. The molecule has 0 unspecified atom stereocenters. The summed E-state index contributed by atoms with van der Waals surface area (Å²) in [5, 5.41) is 0. The Kier molecular flexibility index (Phi) is 4.14. The summed E-state index contributed by atoms with van der Waals surface area (Å²) in [5.41, 5.74) is 2.67. The molecule has 1 saturated carbocycles. The van der Waals surface area contributed by atoms with E-state index in [9.17, 15) is 4.79 Å². The van der Waals surface area contributed by atoms with Crippen LogP contribution in [0.3, 0.4) is 0 Å². The zero-order chi connectivity index (χ0) is 15.7. The van der Waals surface area contributed by atoms with E-state index in [4.69, 9.17) is 11.6 Å². The predicted octanol–water partition coefficient (Wildman–Crippen LogP) is 4.37. The van der Waals surface area contributed by atoms with Crippen LogP contribution in [0.1, 0.15) is 25.8 Å². The van der Waals surface area contributed by atoms with Gasteiger partial charge in [0.2, 0.25) is 5.91 Å². The van der Waals surface area contributed by atoms with Gasteiger partial charge in [0.25, 0.3) is 0 Å². The van der Waals surface area contributed by atoms with E-state index >= 15 is 0 Å². The van der Waals surface area contributed by atoms with Gasteiger partial charge in [-0.25, -0.2) is 0 Å². The van der Waals surface area contributed by atoms with Gasteiger partial charge in [-0.1, -0.05) is 56.3 Å². The number of nitrogens with zero attached hydrogens (tertiary/aromatic N) is 1. The molecule has 0 aromatic heterocycles. The lowest BCUT2D eigenvalue weighted by atomic mass is 9.50. The Morgan fingerprint density at radius 1 is 1.36 bits per heavy atom. The summed E-state index contributed by atoms with van der Waals surface area (Å²) in [6.07, 6.45) is 7.68. The van der Waals surface area contributed by atoms with Crippen molar-refractivity contribution < 1.29 is 4.79 Å². The third-order valence-corrected chi connectivity index (χ3v) is 5.43. The highest BCUT2D eigenvalue weighted by atomic mass is 35.5. The largest absolute Gasteiger partial charge is 0.313 e. The van der Waals surface area contributed by atoms with E-state index in [2.05, 4.69) is 26.0 Å². The zero-order valence-electron chi connectivity index (χ0n) is 13.1. The Hall–Kier alpha value is -1.54. The van der Waals surface area contributed by atoms with Gasteiger partial charge >= 0.3 is 0 Å². The number of carbonyl (C=O) groups excluding carboxylic acids is 1. The van der Waals surface area contributed by atoms with E-state index in [0.717, 1.165) is 5.56 Å². The maximum atomic E-state index is 12.2. The smallest absolute Gasteiger partial charge is 0.241 e. The van der Waals surface area contributed by atoms with Crippen LogP contribution < -0.4 is 0 Å². The molecule has 1 fully saturated rings. The van der Waals surface area contributed by atoms with Crippen LogP contribution in [0.25, 0.3) is 0 Å². The number of hydrogen-bond donors (Lipinski definition) is 0. The summed E-state index contributed by atoms with van der Waals surface area (Å²) in [6.45, 7) is 5.20. The highest BCUT2D eigenvalue weighted by molar-refractivity contribution is 6.27. The van der Waals surface area contributed by atoms with Crippen LogP contribution in [0, 0.1) is 17.3 Å². The average Bonchev–Trinajstić information content (AvgIpc) is 2.54. The van der Waals surface area contributed by atoms with E-state index < -0.39 is 0 Å². The van der Waals surface area contributed by atoms with Gasteiger partial charge in [0.15, 0.2) is 0 Å². The number of alkyl halides is 1. The minimum atomic E-state index is -0.0503. The molecule has 22 heavy (non-hydrogen) atoms. The Labute approximate surface area is 137 Å². The number of carbonyl (C=O) groups is 1. The Morgan fingerprint density at radius 2 is 2.09 bits per heavy atom. The summed E-state index contributed by atoms with van der Waals surface area (Å²) in [7, 11) is 0. The van der Waals surface area contributed by atoms with Crippen LogP contribution in [-0.4, -0.2) is 16.7 Å². The quantitative estimate of drug-likeness (QED) is 0.755. The number of allylic oxidation sites excluding steroid dienone is 3. The SMILES string of the molecule is CC1(C)[C@H]2C=C/C(=C/N(Cc3ccccc3)C(=O)CCl)[C@@H]1C2. The van der Waals surface area contributed by atoms with Gasteiger partial charge in [0.1, 0.15) is 5.88 Å². The molecule has 0 N–H and O–H groups in total. The molecule has 0 aliphatic heterocycles. The van der Waals surface area contributed by atoms with Crippen molar-refractivity contribution in [3.63, 3.8) is 0 Å². The van der Waals surface area contributed by atoms with Gasteiger partial charge in [0, 0.05) is 6.20 Å². The highest BCUT2D eigenvalue weighted by Gasteiger charge is 2.50. The fourth-order valence-electron chi connectivity index (χ4n) is 3.57. The first-order valence-corrected chi connectivity index (χ1v) is 8.35. The van der Waals surface area contributed by atoms with Crippen LogP contribution in [0.5, 0.6) is 0 Å². The molecule has 3 aliphatic carbocycles. The van der Waals surface area contributed by atoms with Crippen LogP contribution in [0.15, 0.2) is 54.3 Å². The third-order valence-electron chi connectivity index (χ3n) is 5.20. The Bertz CT molecular complexity index is 618. The van der Waals surface area contributed by atoms with Crippen LogP contribution in [0.4, 0.5) is 0 Å². The van der Waals surface area contributed by atoms with E-state index in [1.165, 1.54) is 12.0 Å². The monoisotopic (exact) mass is 315 g/mol. The molecular weight excluding hydrogens is 294 g/mol. The molecule has 2 bridgehead atoms. The first-order chi connectivity index (χ1) is 10.5. The number of amides is 1. The number of rotatable bonds is 4. The lowest BCUT2D eigenvalue weighted by molar-refractivity contribution is -0.126. The van der Waals surface area contributed by atoms with Crippen molar-refractivity contribution in [2.24, 2.45) is 17.3 Å². The zero-order valence-corrected chi connectivity index (χ0v) is 13.9. The number of benzene rings is 1. The van der Waals surface area contributed by atoms with E-state index in [1.54, 1.807) is 4.90 Å². The summed E-state index contributed by atoms with van der Waals surface area (Å²) >= 11 is 5.79. The van der Waals surface area contributed by atoms with Crippen molar-refractivity contribution in [2.45, 2.75) is 26.8 Å². The van der Waals surface area contributed by atoms with E-state index in [1.807, 2.05) is 36.5 Å². The molecule has 116 valence electrons. The molecule has 2 atom stereocenters. The molecule has 0 heterocycles. The second-order valence-corrected chi connectivity index (χ2v) is 7.11. The first-order valence-electron chi connectivity index (χ1n) is 7.81. The molecule has 4 rings (SSSR count). The maximum absolute atomic E-state index is 12.2. The molecule has 0 saturated heterocycles. The molecule has 1 amide bonds. The van der Waals surface area contributed by atoms with Crippen LogP contribution >= 0.6 is 11.6 Å². The molecule has 2 nitrogen and oxygen atoms in total. The fraction of sp³-hybridized carbons (Fsp3) is 0.421. The Morgan fingerprint density at radius 3 is 2.68 bits per heavy atom. The lowest BCUT2D eigenvalue weighted by Gasteiger charge is -2.55. The van der Waals surface area contributed by atoms with Crippen LogP contribution in [-0.2, 0) is 11.3 Å². The van der Waals surface area contributed by atoms with Crippen LogP contribution in [0.2, 0.25) is 0 Å². The molecule has 1 aromatic carbocycles. The Balaban J connectivity index is 1.84. The minimum Gasteiger partial charge on any atom is -0.313 e. The summed E-state index contributed by atoms with van der Waals surface area (Å²) in [5.74, 6) is 1.19. The summed E-state index contributed by atoms with van der Waals surface area (Å²) in [4.78, 5) is 14.0. The van der Waals surface area contributed by atoms with Gasteiger partial charge in [-0.3, -0.25) is 4.79 Å². The number of hydrogen-bond acceptors (Lipinski definition) is 1. The van der Waals surface area contributed by atoms with Crippen molar-refractivity contribution >= 4 is 17.5 Å². The van der Waals surface area contributed by atoms with Crippen molar-refractivity contribution in [2.75, 3.05) is 5.88 Å². The average molecular weight is 316 g/mol. The lowest BCUT2D eigenvalue weighted by Crippen LogP contribution is -2.47. The van der Waals surface area contributed by atoms with Crippen molar-refractivity contribution in [3.8, 4) is 0 Å². The number of fused-ring (bicyclic) bond motifs is 1. The number of halogens is 1. The minimum absolute atomic E-state index is 0.0109. The second kappa shape index (κ2) is 5.92. The highest BCUT2D eigenvalue weighted by Crippen LogP contribution is 2.58. The third kappa shape index (κ3) is 2.72. The topological polar surface area (TPSA) is 20.3 Å². The fourth-order valence-corrected chi connectivity index (χ4v) is 3.72. The van der Waals surface area contributed by atoms with E-state index in [0.29, 0.717) is 23.8 Å². The van der Waals surface area contributed by atoms with Gasteiger partial charge in [-0.2, -0.15) is 0 Å².